The Hall–Kier alpha value is -3.17. The minimum atomic E-state index is -0.0698. The Morgan fingerprint density at radius 1 is 0.808 bits per heavy atom. The van der Waals surface area contributed by atoms with Crippen LogP contribution in [0.1, 0.15) is 0 Å². The molecular weight excluding hydrogens is 344 g/mol. The van der Waals surface area contributed by atoms with Crippen molar-refractivity contribution in [3.63, 3.8) is 0 Å². The molecule has 0 N–H and O–H groups in total. The fourth-order valence-electron chi connectivity index (χ4n) is 3.44. The predicted octanol–water partition coefficient (Wildman–Crippen LogP) is 5.32. The number of rotatable bonds is 1. The van der Waals surface area contributed by atoms with Crippen molar-refractivity contribution in [3.05, 3.63) is 94.4 Å². The van der Waals surface area contributed by atoms with Gasteiger partial charge in [-0.25, -0.2) is 4.98 Å². The van der Waals surface area contributed by atoms with Gasteiger partial charge >= 0.3 is 0 Å². The Kier molecular flexibility index (Phi) is 3.30. The van der Waals surface area contributed by atoms with Gasteiger partial charge in [-0.05, 0) is 41.3 Å². The number of para-hydroxylation sites is 1. The number of aromatic nitrogens is 2. The van der Waals surface area contributed by atoms with Gasteiger partial charge in [0.25, 0.3) is 5.56 Å². The Morgan fingerprint density at radius 2 is 1.58 bits per heavy atom. The fourth-order valence-corrected chi connectivity index (χ4v) is 3.61. The molecule has 2 heterocycles. The molecule has 0 radical (unpaired) electrons. The van der Waals surface area contributed by atoms with Gasteiger partial charge in [0.2, 0.25) is 0 Å². The lowest BCUT2D eigenvalue weighted by Crippen LogP contribution is -2.15. The molecule has 5 aromatic rings. The van der Waals surface area contributed by atoms with E-state index in [-0.39, 0.29) is 5.56 Å². The lowest BCUT2D eigenvalue weighted by Gasteiger charge is -2.12. The van der Waals surface area contributed by atoms with Gasteiger partial charge in [0.15, 0.2) is 0 Å². The molecule has 3 nitrogen and oxygen atoms in total. The Morgan fingerprint density at radius 3 is 2.42 bits per heavy atom. The third kappa shape index (κ3) is 2.21. The van der Waals surface area contributed by atoms with Crippen LogP contribution in [0.4, 0.5) is 0 Å². The van der Waals surface area contributed by atoms with Gasteiger partial charge in [-0.3, -0.25) is 9.20 Å². The molecule has 2 aromatic heterocycles. The van der Waals surface area contributed by atoms with Gasteiger partial charge < -0.3 is 0 Å². The first kappa shape index (κ1) is 15.1. The van der Waals surface area contributed by atoms with Crippen LogP contribution in [0.3, 0.4) is 0 Å². The molecule has 0 bridgehead atoms. The van der Waals surface area contributed by atoms with Crippen LogP contribution in [0.2, 0.25) is 5.02 Å². The number of benzene rings is 3. The van der Waals surface area contributed by atoms with Gasteiger partial charge in [-0.1, -0.05) is 54.1 Å². The third-order valence-electron chi connectivity index (χ3n) is 4.66. The molecule has 3 aromatic carbocycles. The van der Waals surface area contributed by atoms with Crippen molar-refractivity contribution in [1.29, 1.82) is 0 Å². The van der Waals surface area contributed by atoms with E-state index in [9.17, 15) is 4.79 Å². The first-order chi connectivity index (χ1) is 12.7. The van der Waals surface area contributed by atoms with Crippen LogP contribution in [0, 0.1) is 0 Å². The Balaban J connectivity index is 2.04. The summed E-state index contributed by atoms with van der Waals surface area (Å²) in [5, 5.41) is 3.14. The van der Waals surface area contributed by atoms with Crippen LogP contribution < -0.4 is 5.56 Å². The van der Waals surface area contributed by atoms with E-state index in [4.69, 9.17) is 16.6 Å². The molecule has 26 heavy (non-hydrogen) atoms. The lowest BCUT2D eigenvalue weighted by atomic mass is 10.0. The molecule has 0 amide bonds. The zero-order chi connectivity index (χ0) is 17.7. The molecule has 0 aliphatic heterocycles. The molecule has 0 atom stereocenters. The fraction of sp³-hybridized carbons (Fsp3) is 0. The highest BCUT2D eigenvalue weighted by Crippen LogP contribution is 2.32. The third-order valence-corrected chi connectivity index (χ3v) is 4.90. The smallest absolute Gasteiger partial charge is 0.265 e. The molecule has 0 aliphatic carbocycles. The average Bonchev–Trinajstić information content (AvgIpc) is 2.68. The van der Waals surface area contributed by atoms with Crippen molar-refractivity contribution < 1.29 is 0 Å². The van der Waals surface area contributed by atoms with E-state index in [2.05, 4.69) is 0 Å². The minimum absolute atomic E-state index is 0.0698. The van der Waals surface area contributed by atoms with Crippen molar-refractivity contribution in [2.24, 2.45) is 0 Å². The lowest BCUT2D eigenvalue weighted by molar-refractivity contribution is 1.09. The second kappa shape index (κ2) is 5.68. The van der Waals surface area contributed by atoms with Crippen LogP contribution in [0.5, 0.6) is 0 Å². The quantitative estimate of drug-likeness (QED) is 0.301. The maximum absolute atomic E-state index is 13.1. The highest BCUT2D eigenvalue weighted by Gasteiger charge is 2.13. The van der Waals surface area contributed by atoms with Crippen LogP contribution in [-0.4, -0.2) is 9.38 Å². The van der Waals surface area contributed by atoms with Crippen LogP contribution in [0.25, 0.3) is 38.4 Å². The Bertz CT molecular complexity index is 1360. The van der Waals surface area contributed by atoms with Crippen molar-refractivity contribution in [2.45, 2.75) is 0 Å². The standard InChI is InChI=1S/C22H13ClN2O/c23-15-10-11-16-18(12-15)19(14-6-2-1-3-7-14)13-25-21(16)24-20-9-5-4-8-17(20)22(25)26/h1-13H. The maximum Gasteiger partial charge on any atom is 0.265 e. The molecule has 0 fully saturated rings. The molecule has 0 spiro atoms. The topological polar surface area (TPSA) is 34.4 Å². The summed E-state index contributed by atoms with van der Waals surface area (Å²) >= 11 is 6.27. The summed E-state index contributed by atoms with van der Waals surface area (Å²) in [7, 11) is 0. The summed E-state index contributed by atoms with van der Waals surface area (Å²) in [6.07, 6.45) is 1.87. The van der Waals surface area contributed by atoms with Crippen LogP contribution >= 0.6 is 11.6 Å². The van der Waals surface area contributed by atoms with E-state index in [0.717, 1.165) is 21.9 Å². The molecule has 0 saturated heterocycles. The summed E-state index contributed by atoms with van der Waals surface area (Å²) in [5.41, 5.74) is 3.25. The second-order valence-electron chi connectivity index (χ2n) is 6.23. The highest BCUT2D eigenvalue weighted by atomic mass is 35.5. The SMILES string of the molecule is O=c1c2ccccc2nc2c3ccc(Cl)cc3c(-c3ccccc3)cn12. The van der Waals surface area contributed by atoms with E-state index in [1.807, 2.05) is 79.0 Å². The van der Waals surface area contributed by atoms with E-state index in [0.29, 0.717) is 21.6 Å². The van der Waals surface area contributed by atoms with Crippen molar-refractivity contribution in [3.8, 4) is 11.1 Å². The van der Waals surface area contributed by atoms with E-state index < -0.39 is 0 Å². The molecule has 0 unspecified atom stereocenters. The number of halogens is 1. The minimum Gasteiger partial charge on any atom is -0.268 e. The average molecular weight is 357 g/mol. The van der Waals surface area contributed by atoms with E-state index >= 15 is 0 Å². The predicted molar refractivity (Wildman–Crippen MR) is 107 cm³/mol. The van der Waals surface area contributed by atoms with Crippen molar-refractivity contribution in [2.75, 3.05) is 0 Å². The molecule has 5 rings (SSSR count). The highest BCUT2D eigenvalue weighted by molar-refractivity contribution is 6.31. The van der Waals surface area contributed by atoms with Gasteiger partial charge in [0.1, 0.15) is 5.65 Å². The molecule has 124 valence electrons. The van der Waals surface area contributed by atoms with Crippen molar-refractivity contribution >= 4 is 38.9 Å². The number of hydrogen-bond donors (Lipinski definition) is 0. The maximum atomic E-state index is 13.1. The van der Waals surface area contributed by atoms with Gasteiger partial charge in [0, 0.05) is 22.2 Å². The zero-order valence-electron chi connectivity index (χ0n) is 13.7. The summed E-state index contributed by atoms with van der Waals surface area (Å²) in [5.74, 6) is 0. The van der Waals surface area contributed by atoms with Gasteiger partial charge in [-0.2, -0.15) is 0 Å². The second-order valence-corrected chi connectivity index (χ2v) is 6.66. The number of hydrogen-bond acceptors (Lipinski definition) is 2. The number of pyridine rings is 1. The van der Waals surface area contributed by atoms with Crippen LogP contribution in [-0.2, 0) is 0 Å². The molecular formula is C22H13ClN2O. The summed E-state index contributed by atoms with van der Waals surface area (Å²) in [6.45, 7) is 0. The summed E-state index contributed by atoms with van der Waals surface area (Å²) in [4.78, 5) is 17.8. The summed E-state index contributed by atoms with van der Waals surface area (Å²) < 4.78 is 1.64. The van der Waals surface area contributed by atoms with Gasteiger partial charge in [0.05, 0.1) is 10.9 Å². The first-order valence-corrected chi connectivity index (χ1v) is 8.69. The zero-order valence-corrected chi connectivity index (χ0v) is 14.4. The van der Waals surface area contributed by atoms with E-state index in [1.54, 1.807) is 4.40 Å². The number of fused-ring (bicyclic) bond motifs is 4. The molecule has 4 heteroatoms. The van der Waals surface area contributed by atoms with Crippen LogP contribution in [0.15, 0.2) is 83.8 Å². The normalized spacial score (nSPS) is 11.4. The monoisotopic (exact) mass is 356 g/mol. The molecule has 0 aliphatic rings. The largest absolute Gasteiger partial charge is 0.268 e. The van der Waals surface area contributed by atoms with E-state index in [1.165, 1.54) is 0 Å². The summed E-state index contributed by atoms with van der Waals surface area (Å²) in [6, 6.07) is 23.1. The van der Waals surface area contributed by atoms with Crippen molar-refractivity contribution in [1.82, 2.24) is 9.38 Å². The Labute approximate surface area is 154 Å². The van der Waals surface area contributed by atoms with Gasteiger partial charge in [-0.15, -0.1) is 0 Å². The first-order valence-electron chi connectivity index (χ1n) is 8.31. The molecule has 0 saturated carbocycles. The number of nitrogens with zero attached hydrogens (tertiary/aromatic N) is 2.